The molecule has 0 bridgehead atoms. The molecule has 1 saturated heterocycles. The standard InChI is InChI=1S/C30H36ClNO3S/c1-29(2,26-11-13-27(31)14-12-26)32-20-19-30(22-32,23-35-21-25-7-5-4-6-8-25)18-17-24-9-15-28(16-10-24)36(3,33)34/h4-16H,17-23H2,1-3H3/t30-/m1/s1. The third kappa shape index (κ3) is 6.57. The number of hydrogen-bond acceptors (Lipinski definition) is 4. The predicted molar refractivity (Wildman–Crippen MR) is 147 cm³/mol. The molecular weight excluding hydrogens is 490 g/mol. The zero-order valence-corrected chi connectivity index (χ0v) is 23.0. The molecule has 0 unspecified atom stereocenters. The van der Waals surface area contributed by atoms with Gasteiger partial charge in [-0.15, -0.1) is 0 Å². The van der Waals surface area contributed by atoms with Crippen LogP contribution >= 0.6 is 11.6 Å². The van der Waals surface area contributed by atoms with Crippen molar-refractivity contribution in [2.75, 3.05) is 26.0 Å². The van der Waals surface area contributed by atoms with Crippen molar-refractivity contribution >= 4 is 21.4 Å². The number of likely N-dealkylation sites (tertiary alicyclic amines) is 1. The van der Waals surface area contributed by atoms with E-state index in [1.165, 1.54) is 17.4 Å². The second-order valence-electron chi connectivity index (χ2n) is 10.6. The Balaban J connectivity index is 1.49. The van der Waals surface area contributed by atoms with Gasteiger partial charge in [-0.3, -0.25) is 4.90 Å². The predicted octanol–water partition coefficient (Wildman–Crippen LogP) is 6.52. The molecule has 192 valence electrons. The molecule has 0 radical (unpaired) electrons. The van der Waals surface area contributed by atoms with Crippen LogP contribution in [0.3, 0.4) is 0 Å². The topological polar surface area (TPSA) is 46.6 Å². The number of rotatable bonds is 10. The first-order valence-electron chi connectivity index (χ1n) is 12.5. The van der Waals surface area contributed by atoms with Gasteiger partial charge < -0.3 is 4.74 Å². The lowest BCUT2D eigenvalue weighted by Gasteiger charge is -2.38. The molecular formula is C30H36ClNO3S. The van der Waals surface area contributed by atoms with E-state index in [1.807, 2.05) is 42.5 Å². The molecule has 1 aliphatic heterocycles. The Kier molecular flexibility index (Phi) is 8.25. The zero-order chi connectivity index (χ0) is 25.8. The quantitative estimate of drug-likeness (QED) is 0.302. The summed E-state index contributed by atoms with van der Waals surface area (Å²) in [7, 11) is -3.19. The first kappa shape index (κ1) is 26.9. The Morgan fingerprint density at radius 2 is 1.61 bits per heavy atom. The summed E-state index contributed by atoms with van der Waals surface area (Å²) in [6.07, 6.45) is 4.16. The molecule has 1 atom stereocenters. The van der Waals surface area contributed by atoms with E-state index in [0.29, 0.717) is 18.1 Å². The first-order chi connectivity index (χ1) is 17.1. The van der Waals surface area contributed by atoms with Gasteiger partial charge in [0.05, 0.1) is 18.1 Å². The molecule has 0 aliphatic carbocycles. The summed E-state index contributed by atoms with van der Waals surface area (Å²) in [6.45, 7) is 7.79. The monoisotopic (exact) mass is 525 g/mol. The number of aryl methyl sites for hydroxylation is 1. The Bertz CT molecular complexity index is 1240. The van der Waals surface area contributed by atoms with Gasteiger partial charge in [0.1, 0.15) is 0 Å². The molecule has 36 heavy (non-hydrogen) atoms. The summed E-state index contributed by atoms with van der Waals surface area (Å²) in [4.78, 5) is 2.93. The maximum Gasteiger partial charge on any atom is 0.175 e. The third-order valence-electron chi connectivity index (χ3n) is 7.59. The van der Waals surface area contributed by atoms with Crippen LogP contribution in [0.1, 0.15) is 43.4 Å². The first-order valence-corrected chi connectivity index (χ1v) is 14.8. The van der Waals surface area contributed by atoms with E-state index in [1.54, 1.807) is 12.1 Å². The second-order valence-corrected chi connectivity index (χ2v) is 13.1. The van der Waals surface area contributed by atoms with Gasteiger partial charge in [0.15, 0.2) is 9.84 Å². The maximum absolute atomic E-state index is 11.8. The molecule has 0 N–H and O–H groups in total. The van der Waals surface area contributed by atoms with Crippen LogP contribution in [-0.4, -0.2) is 39.3 Å². The van der Waals surface area contributed by atoms with Gasteiger partial charge in [-0.2, -0.15) is 0 Å². The molecule has 0 saturated carbocycles. The summed E-state index contributed by atoms with van der Waals surface area (Å²) in [5.41, 5.74) is 3.49. The fraction of sp³-hybridized carbons (Fsp3) is 0.400. The third-order valence-corrected chi connectivity index (χ3v) is 8.98. The highest BCUT2D eigenvalue weighted by Crippen LogP contribution is 2.42. The molecule has 0 amide bonds. The second kappa shape index (κ2) is 11.1. The summed E-state index contributed by atoms with van der Waals surface area (Å²) in [6, 6.07) is 25.8. The molecule has 1 heterocycles. The van der Waals surface area contributed by atoms with Gasteiger partial charge in [0.25, 0.3) is 0 Å². The Morgan fingerprint density at radius 3 is 2.25 bits per heavy atom. The van der Waals surface area contributed by atoms with Crippen LogP contribution in [-0.2, 0) is 33.1 Å². The number of ether oxygens (including phenoxy) is 1. The highest BCUT2D eigenvalue weighted by Gasteiger charge is 2.43. The van der Waals surface area contributed by atoms with Crippen LogP contribution in [0.15, 0.2) is 83.8 Å². The SMILES string of the molecule is CC(C)(c1ccc(Cl)cc1)N1CC[C@@](CCc2ccc(S(C)(=O)=O)cc2)(COCc2ccccc2)C1. The molecule has 0 aromatic heterocycles. The molecule has 1 aliphatic rings. The molecule has 0 spiro atoms. The number of nitrogens with zero attached hydrogens (tertiary/aromatic N) is 1. The number of halogens is 1. The minimum atomic E-state index is -3.19. The average Bonchev–Trinajstić information content (AvgIpc) is 3.29. The highest BCUT2D eigenvalue weighted by atomic mass is 35.5. The van der Waals surface area contributed by atoms with Crippen LogP contribution in [0.5, 0.6) is 0 Å². The van der Waals surface area contributed by atoms with Crippen LogP contribution in [0.4, 0.5) is 0 Å². The number of sulfone groups is 1. The number of hydrogen-bond donors (Lipinski definition) is 0. The fourth-order valence-corrected chi connectivity index (χ4v) is 5.88. The van der Waals surface area contributed by atoms with Crippen molar-refractivity contribution in [3.8, 4) is 0 Å². The molecule has 4 nitrogen and oxygen atoms in total. The van der Waals surface area contributed by atoms with Gasteiger partial charge in [-0.25, -0.2) is 8.42 Å². The lowest BCUT2D eigenvalue weighted by Crippen LogP contribution is -2.42. The van der Waals surface area contributed by atoms with Crippen LogP contribution in [0.2, 0.25) is 5.02 Å². The average molecular weight is 526 g/mol. The fourth-order valence-electron chi connectivity index (χ4n) is 5.12. The van der Waals surface area contributed by atoms with Gasteiger partial charge in [0, 0.05) is 28.8 Å². The van der Waals surface area contributed by atoms with E-state index in [2.05, 4.69) is 43.0 Å². The van der Waals surface area contributed by atoms with Crippen molar-refractivity contribution in [2.24, 2.45) is 5.41 Å². The van der Waals surface area contributed by atoms with E-state index in [-0.39, 0.29) is 11.0 Å². The summed E-state index contributed by atoms with van der Waals surface area (Å²) in [5, 5.41) is 0.751. The Labute approximate surface area is 221 Å². The minimum Gasteiger partial charge on any atom is -0.376 e. The van der Waals surface area contributed by atoms with Crippen molar-refractivity contribution in [3.05, 3.63) is 101 Å². The van der Waals surface area contributed by atoms with Crippen molar-refractivity contribution < 1.29 is 13.2 Å². The smallest absolute Gasteiger partial charge is 0.175 e. The van der Waals surface area contributed by atoms with Crippen molar-refractivity contribution in [1.82, 2.24) is 4.90 Å². The van der Waals surface area contributed by atoms with E-state index >= 15 is 0 Å². The molecule has 3 aromatic carbocycles. The van der Waals surface area contributed by atoms with Gasteiger partial charge in [-0.1, -0.05) is 66.2 Å². The molecule has 1 fully saturated rings. The molecule has 6 heteroatoms. The van der Waals surface area contributed by atoms with E-state index < -0.39 is 9.84 Å². The Hall–Kier alpha value is -2.18. The largest absolute Gasteiger partial charge is 0.376 e. The zero-order valence-electron chi connectivity index (χ0n) is 21.4. The molecule has 4 rings (SSSR count). The van der Waals surface area contributed by atoms with E-state index in [0.717, 1.165) is 42.9 Å². The highest BCUT2D eigenvalue weighted by molar-refractivity contribution is 7.90. The van der Waals surface area contributed by atoms with Crippen LogP contribution < -0.4 is 0 Å². The van der Waals surface area contributed by atoms with Crippen molar-refractivity contribution in [2.45, 2.75) is 50.2 Å². The van der Waals surface area contributed by atoms with Crippen LogP contribution in [0, 0.1) is 5.41 Å². The summed E-state index contributed by atoms with van der Waals surface area (Å²) in [5.74, 6) is 0. The van der Waals surface area contributed by atoms with E-state index in [4.69, 9.17) is 16.3 Å². The maximum atomic E-state index is 11.8. The van der Waals surface area contributed by atoms with Gasteiger partial charge in [-0.05, 0) is 80.6 Å². The lowest BCUT2D eigenvalue weighted by atomic mass is 9.81. The van der Waals surface area contributed by atoms with E-state index in [9.17, 15) is 8.42 Å². The lowest BCUT2D eigenvalue weighted by molar-refractivity contribution is 0.0240. The molecule has 3 aromatic rings. The summed E-state index contributed by atoms with van der Waals surface area (Å²) < 4.78 is 30.0. The number of benzene rings is 3. The Morgan fingerprint density at radius 1 is 0.944 bits per heavy atom. The summed E-state index contributed by atoms with van der Waals surface area (Å²) >= 11 is 6.15. The van der Waals surface area contributed by atoms with Crippen molar-refractivity contribution in [1.29, 1.82) is 0 Å². The normalized spacial score (nSPS) is 19.0. The minimum absolute atomic E-state index is 0.0218. The van der Waals surface area contributed by atoms with Crippen LogP contribution in [0.25, 0.3) is 0 Å². The van der Waals surface area contributed by atoms with Gasteiger partial charge in [0.2, 0.25) is 0 Å². The van der Waals surface area contributed by atoms with Crippen molar-refractivity contribution in [3.63, 3.8) is 0 Å². The van der Waals surface area contributed by atoms with Gasteiger partial charge >= 0.3 is 0 Å².